The summed E-state index contributed by atoms with van der Waals surface area (Å²) in [7, 11) is 0.852. The van der Waals surface area contributed by atoms with Gasteiger partial charge in [0.25, 0.3) is 5.60 Å². The van der Waals surface area contributed by atoms with Gasteiger partial charge >= 0.3 is 12.1 Å². The van der Waals surface area contributed by atoms with Gasteiger partial charge in [0, 0.05) is 12.7 Å². The molecule has 0 heterocycles. The quantitative estimate of drug-likeness (QED) is 0.752. The van der Waals surface area contributed by atoms with Crippen LogP contribution in [-0.4, -0.2) is 25.9 Å². The summed E-state index contributed by atoms with van der Waals surface area (Å²) in [5, 5.41) is 0. The van der Waals surface area contributed by atoms with Crippen molar-refractivity contribution in [2.45, 2.75) is 32.0 Å². The zero-order valence-corrected chi connectivity index (χ0v) is 12.2. The zero-order valence-electron chi connectivity index (χ0n) is 12.2. The van der Waals surface area contributed by atoms with Crippen molar-refractivity contribution in [1.82, 2.24) is 0 Å². The molecule has 0 fully saturated rings. The lowest BCUT2D eigenvalue weighted by Gasteiger charge is -2.32. The first-order valence-electron chi connectivity index (χ1n) is 6.64. The Morgan fingerprint density at radius 2 is 1.81 bits per heavy atom. The van der Waals surface area contributed by atoms with Gasteiger partial charge in [-0.15, -0.1) is 0 Å². The third-order valence-electron chi connectivity index (χ3n) is 3.37. The van der Waals surface area contributed by atoms with Gasteiger partial charge in [0.05, 0.1) is 6.61 Å². The molecule has 0 bridgehead atoms. The molecule has 2 atom stereocenters. The minimum Gasteiger partial charge on any atom is -0.463 e. The number of hydrogen-bond donors (Lipinski definition) is 0. The van der Waals surface area contributed by atoms with Crippen LogP contribution in [0.15, 0.2) is 30.3 Å². The number of ether oxygens (including phenoxy) is 2. The molecule has 1 rings (SSSR count). The standard InChI is InChI=1S/C15H19F3O3/c1-4-11(2)10-21-13(19)14(20-3,15(16,17)18)12-8-6-5-7-9-12/h5-9,11H,4,10H2,1-3H3/t11-,14-/m0/s1. The van der Waals surface area contributed by atoms with E-state index in [2.05, 4.69) is 4.74 Å². The van der Waals surface area contributed by atoms with Crippen LogP contribution < -0.4 is 0 Å². The van der Waals surface area contributed by atoms with Gasteiger partial charge in [0.15, 0.2) is 0 Å². The molecular formula is C15H19F3O3. The van der Waals surface area contributed by atoms with Gasteiger partial charge in [0.2, 0.25) is 0 Å². The van der Waals surface area contributed by atoms with Crippen molar-refractivity contribution in [1.29, 1.82) is 0 Å². The molecule has 0 amide bonds. The van der Waals surface area contributed by atoms with E-state index < -0.39 is 17.7 Å². The fourth-order valence-electron chi connectivity index (χ4n) is 1.82. The van der Waals surface area contributed by atoms with Gasteiger partial charge in [-0.2, -0.15) is 13.2 Å². The van der Waals surface area contributed by atoms with E-state index in [4.69, 9.17) is 4.74 Å². The second-order valence-electron chi connectivity index (χ2n) is 4.86. The van der Waals surface area contributed by atoms with E-state index >= 15 is 0 Å². The minimum atomic E-state index is -4.92. The van der Waals surface area contributed by atoms with Crippen molar-refractivity contribution in [2.24, 2.45) is 5.92 Å². The molecule has 0 saturated heterocycles. The van der Waals surface area contributed by atoms with Crippen molar-refractivity contribution in [3.63, 3.8) is 0 Å². The van der Waals surface area contributed by atoms with E-state index in [9.17, 15) is 18.0 Å². The maximum Gasteiger partial charge on any atom is 0.432 e. The monoisotopic (exact) mass is 304 g/mol. The lowest BCUT2D eigenvalue weighted by molar-refractivity contribution is -0.276. The second kappa shape index (κ2) is 6.93. The van der Waals surface area contributed by atoms with Gasteiger partial charge in [-0.25, -0.2) is 4.79 Å². The number of esters is 1. The molecule has 1 aromatic rings. The Kier molecular flexibility index (Phi) is 5.78. The van der Waals surface area contributed by atoms with Crippen LogP contribution in [0.25, 0.3) is 0 Å². The van der Waals surface area contributed by atoms with Gasteiger partial charge in [-0.3, -0.25) is 0 Å². The Labute approximate surface area is 122 Å². The van der Waals surface area contributed by atoms with E-state index in [-0.39, 0.29) is 18.1 Å². The summed E-state index contributed by atoms with van der Waals surface area (Å²) in [6, 6.07) is 6.78. The Bertz CT molecular complexity index is 459. The van der Waals surface area contributed by atoms with Gasteiger partial charge in [-0.05, 0) is 5.92 Å². The molecular weight excluding hydrogens is 285 g/mol. The molecule has 6 heteroatoms. The second-order valence-corrected chi connectivity index (χ2v) is 4.86. The van der Waals surface area contributed by atoms with Crippen LogP contribution in [0.4, 0.5) is 13.2 Å². The number of hydrogen-bond acceptors (Lipinski definition) is 3. The summed E-state index contributed by atoms with van der Waals surface area (Å²) in [5.41, 5.74) is -3.39. The number of carbonyl (C=O) groups excluding carboxylic acids is 1. The average Bonchev–Trinajstić information content (AvgIpc) is 2.45. The molecule has 0 aliphatic rings. The summed E-state index contributed by atoms with van der Waals surface area (Å²) in [6.07, 6.45) is -4.22. The third-order valence-corrected chi connectivity index (χ3v) is 3.37. The van der Waals surface area contributed by atoms with E-state index in [0.717, 1.165) is 7.11 Å². The SMILES string of the molecule is CC[C@H](C)COC(=O)[C@@](OC)(c1ccccc1)C(F)(F)F. The van der Waals surface area contributed by atoms with Crippen LogP contribution in [0.2, 0.25) is 0 Å². The predicted octanol–water partition coefficient (Wildman–Crippen LogP) is 3.68. The first kappa shape index (κ1) is 17.5. The fourth-order valence-corrected chi connectivity index (χ4v) is 1.82. The first-order chi connectivity index (χ1) is 9.79. The average molecular weight is 304 g/mol. The Morgan fingerprint density at radius 1 is 1.24 bits per heavy atom. The Morgan fingerprint density at radius 3 is 2.24 bits per heavy atom. The molecule has 0 unspecified atom stereocenters. The van der Waals surface area contributed by atoms with Crippen LogP contribution in [0, 0.1) is 5.92 Å². The zero-order chi connectivity index (χ0) is 16.1. The van der Waals surface area contributed by atoms with E-state index in [1.807, 2.05) is 6.92 Å². The van der Waals surface area contributed by atoms with Gasteiger partial charge in [-0.1, -0.05) is 50.6 Å². The summed E-state index contributed by atoms with van der Waals surface area (Å²) in [6.45, 7) is 3.57. The summed E-state index contributed by atoms with van der Waals surface area (Å²) >= 11 is 0. The van der Waals surface area contributed by atoms with E-state index in [1.165, 1.54) is 24.3 Å². The topological polar surface area (TPSA) is 35.5 Å². The molecule has 21 heavy (non-hydrogen) atoms. The highest BCUT2D eigenvalue weighted by atomic mass is 19.4. The number of carbonyl (C=O) groups is 1. The highest BCUT2D eigenvalue weighted by molar-refractivity contribution is 5.82. The first-order valence-corrected chi connectivity index (χ1v) is 6.64. The number of alkyl halides is 3. The highest BCUT2D eigenvalue weighted by Crippen LogP contribution is 2.42. The van der Waals surface area contributed by atoms with Crippen LogP contribution in [0.5, 0.6) is 0 Å². The molecule has 0 N–H and O–H groups in total. The molecule has 3 nitrogen and oxygen atoms in total. The third kappa shape index (κ3) is 3.56. The molecule has 1 aromatic carbocycles. The predicted molar refractivity (Wildman–Crippen MR) is 71.6 cm³/mol. The molecule has 0 saturated carbocycles. The molecule has 0 aliphatic carbocycles. The number of methoxy groups -OCH3 is 1. The summed E-state index contributed by atoms with van der Waals surface area (Å²) < 4.78 is 49.9. The Balaban J connectivity index is 3.17. The number of halogens is 3. The van der Waals surface area contributed by atoms with E-state index in [0.29, 0.717) is 6.42 Å². The smallest absolute Gasteiger partial charge is 0.432 e. The van der Waals surface area contributed by atoms with Crippen molar-refractivity contribution in [3.05, 3.63) is 35.9 Å². The molecule has 0 aromatic heterocycles. The molecule has 0 spiro atoms. The summed E-state index contributed by atoms with van der Waals surface area (Å²) in [5.74, 6) is -1.46. The molecule has 118 valence electrons. The van der Waals surface area contributed by atoms with Crippen LogP contribution in [0.1, 0.15) is 25.8 Å². The normalized spacial score (nSPS) is 16.1. The molecule has 0 radical (unpaired) electrons. The number of benzene rings is 1. The lowest BCUT2D eigenvalue weighted by Crippen LogP contribution is -2.52. The van der Waals surface area contributed by atoms with Crippen molar-refractivity contribution >= 4 is 5.97 Å². The van der Waals surface area contributed by atoms with Crippen molar-refractivity contribution in [2.75, 3.05) is 13.7 Å². The number of rotatable bonds is 6. The molecule has 0 aliphatic heterocycles. The van der Waals surface area contributed by atoms with Crippen LogP contribution >= 0.6 is 0 Å². The van der Waals surface area contributed by atoms with Gasteiger partial charge in [0.1, 0.15) is 0 Å². The fraction of sp³-hybridized carbons (Fsp3) is 0.533. The van der Waals surface area contributed by atoms with Gasteiger partial charge < -0.3 is 9.47 Å². The Hall–Kier alpha value is -1.56. The minimum absolute atomic E-state index is 0.0208. The highest BCUT2D eigenvalue weighted by Gasteiger charge is 2.64. The van der Waals surface area contributed by atoms with Crippen molar-refractivity contribution < 1.29 is 27.4 Å². The van der Waals surface area contributed by atoms with Crippen molar-refractivity contribution in [3.8, 4) is 0 Å². The van der Waals surface area contributed by atoms with E-state index in [1.54, 1.807) is 13.0 Å². The maximum atomic E-state index is 13.5. The summed E-state index contributed by atoms with van der Waals surface area (Å²) in [4.78, 5) is 12.1. The largest absolute Gasteiger partial charge is 0.463 e. The van der Waals surface area contributed by atoms with Crippen LogP contribution in [0.3, 0.4) is 0 Å². The maximum absolute atomic E-state index is 13.5. The van der Waals surface area contributed by atoms with Crippen LogP contribution in [-0.2, 0) is 19.9 Å². The lowest BCUT2D eigenvalue weighted by atomic mass is 9.92.